The van der Waals surface area contributed by atoms with Gasteiger partial charge in [-0.15, -0.1) is 0 Å². The second-order valence-electron chi connectivity index (χ2n) is 13.6. The number of rotatable bonds is 37. The summed E-state index contributed by atoms with van der Waals surface area (Å²) in [6, 6.07) is 0. The van der Waals surface area contributed by atoms with Gasteiger partial charge in [-0.05, 0) is 6.42 Å². The monoisotopic (exact) mass is 706 g/mol. The van der Waals surface area contributed by atoms with Gasteiger partial charge in [0.25, 0.3) is 0 Å². The maximum absolute atomic E-state index is 4.45. The first-order valence-electron chi connectivity index (χ1n) is 19.6. The Balaban J connectivity index is 3.03. The lowest BCUT2D eigenvalue weighted by molar-refractivity contribution is 0.510. The molecule has 0 heterocycles. The minimum atomic E-state index is 0.561. The first-order chi connectivity index (χ1) is 20.3. The fraction of sp³-hybridized carbons (Fsp3) is 1.00. The second kappa shape index (κ2) is 39.1. The molecule has 248 valence electrons. The van der Waals surface area contributed by atoms with Gasteiger partial charge < -0.3 is 0 Å². The van der Waals surface area contributed by atoms with Gasteiger partial charge in [-0.3, -0.25) is 0 Å². The van der Waals surface area contributed by atoms with Gasteiger partial charge in [0.2, 0.25) is 0 Å². The van der Waals surface area contributed by atoms with E-state index in [1.807, 2.05) is 0 Å². The van der Waals surface area contributed by atoms with Crippen LogP contribution in [0, 0.1) is 0 Å². The molecule has 41 heavy (non-hydrogen) atoms. The minimum absolute atomic E-state index is 0.561. The third-order valence-corrected chi connectivity index (χ3v) is 10.2. The number of halogens is 1. The molecule has 0 aromatic heterocycles. The molecular formula is C39H79IS. The first-order valence-corrected chi connectivity index (χ1v) is 21.4. The molecule has 0 saturated heterocycles. The molecule has 0 fully saturated rings. The number of hydrogen-bond donors (Lipinski definition) is 1. The summed E-state index contributed by atoms with van der Waals surface area (Å²) in [5.41, 5.74) is 0. The van der Waals surface area contributed by atoms with E-state index in [0.717, 1.165) is 0 Å². The summed E-state index contributed by atoms with van der Waals surface area (Å²) in [6.07, 6.45) is 54.4. The number of thiol groups is 1. The van der Waals surface area contributed by atoms with Crippen molar-refractivity contribution >= 4 is 35.2 Å². The topological polar surface area (TPSA) is 0 Å². The molecule has 2 heteroatoms. The highest BCUT2D eigenvalue weighted by atomic mass is 127. The van der Waals surface area contributed by atoms with Crippen molar-refractivity contribution in [3.63, 3.8) is 0 Å². The van der Waals surface area contributed by atoms with Crippen LogP contribution in [0.25, 0.3) is 0 Å². The van der Waals surface area contributed by atoms with Gasteiger partial charge >= 0.3 is 0 Å². The van der Waals surface area contributed by atoms with Crippen molar-refractivity contribution in [1.82, 2.24) is 0 Å². The molecule has 0 aliphatic carbocycles. The van der Waals surface area contributed by atoms with Gasteiger partial charge in [0.1, 0.15) is 0 Å². The Morgan fingerprint density at radius 3 is 0.585 bits per heavy atom. The van der Waals surface area contributed by atoms with Gasteiger partial charge in [-0.1, -0.05) is 261 Å². The third kappa shape index (κ3) is 41.1. The molecule has 0 aliphatic heterocycles. The fourth-order valence-corrected chi connectivity index (χ4v) is 7.02. The van der Waals surface area contributed by atoms with Crippen LogP contribution in [0.1, 0.15) is 244 Å². The summed E-state index contributed by atoms with van der Waals surface area (Å²) in [5, 5.41) is 0. The molecule has 0 N–H and O–H groups in total. The lowest BCUT2D eigenvalue weighted by Gasteiger charge is -2.05. The van der Waals surface area contributed by atoms with Crippen molar-refractivity contribution in [2.45, 2.75) is 248 Å². The van der Waals surface area contributed by atoms with E-state index in [0.29, 0.717) is 3.26 Å². The first kappa shape index (κ1) is 42.1. The average molecular weight is 707 g/mol. The molecule has 0 bridgehead atoms. The molecule has 1 atom stereocenters. The SMILES string of the molecule is CCCCCCCCCCCCCCCCCCCCCCCCCCCCCCCCCCCCCCC(S)I. The van der Waals surface area contributed by atoms with E-state index < -0.39 is 0 Å². The van der Waals surface area contributed by atoms with Crippen molar-refractivity contribution < 1.29 is 0 Å². The lowest BCUT2D eigenvalue weighted by atomic mass is 10.0. The summed E-state index contributed by atoms with van der Waals surface area (Å²) >= 11 is 6.88. The van der Waals surface area contributed by atoms with Crippen molar-refractivity contribution in [3.8, 4) is 0 Å². The van der Waals surface area contributed by atoms with E-state index in [1.165, 1.54) is 238 Å². The summed E-state index contributed by atoms with van der Waals surface area (Å²) in [7, 11) is 0. The van der Waals surface area contributed by atoms with Gasteiger partial charge in [0, 0.05) is 0 Å². The smallest absolute Gasteiger partial charge is 0.0534 e. The third-order valence-electron chi connectivity index (χ3n) is 9.30. The van der Waals surface area contributed by atoms with Gasteiger partial charge in [-0.2, -0.15) is 12.6 Å². The van der Waals surface area contributed by atoms with Crippen LogP contribution in [0.15, 0.2) is 0 Å². The zero-order valence-electron chi connectivity index (χ0n) is 28.6. The van der Waals surface area contributed by atoms with Crippen LogP contribution in [0.4, 0.5) is 0 Å². The van der Waals surface area contributed by atoms with E-state index in [1.54, 1.807) is 0 Å². The maximum atomic E-state index is 4.45. The molecular weight excluding hydrogens is 627 g/mol. The van der Waals surface area contributed by atoms with Crippen LogP contribution in [-0.2, 0) is 0 Å². The highest BCUT2D eigenvalue weighted by Crippen LogP contribution is 2.18. The van der Waals surface area contributed by atoms with E-state index in [9.17, 15) is 0 Å². The Morgan fingerprint density at radius 1 is 0.293 bits per heavy atom. The molecule has 0 aromatic rings. The maximum Gasteiger partial charge on any atom is 0.0534 e. The van der Waals surface area contributed by atoms with Crippen LogP contribution >= 0.6 is 35.2 Å². The van der Waals surface area contributed by atoms with Crippen molar-refractivity contribution in [3.05, 3.63) is 0 Å². The predicted octanol–water partition coefficient (Wildman–Crippen LogP) is 16.1. The summed E-state index contributed by atoms with van der Waals surface area (Å²) in [6.45, 7) is 2.31. The Hall–Kier alpha value is 1.08. The number of alkyl halides is 1. The molecule has 0 radical (unpaired) electrons. The van der Waals surface area contributed by atoms with E-state index >= 15 is 0 Å². The van der Waals surface area contributed by atoms with E-state index in [2.05, 4.69) is 42.1 Å². The van der Waals surface area contributed by atoms with Crippen molar-refractivity contribution in [2.75, 3.05) is 0 Å². The average Bonchev–Trinajstić information content (AvgIpc) is 2.97. The predicted molar refractivity (Wildman–Crippen MR) is 203 cm³/mol. The van der Waals surface area contributed by atoms with Gasteiger partial charge in [0.05, 0.1) is 3.26 Å². The van der Waals surface area contributed by atoms with E-state index in [-0.39, 0.29) is 0 Å². The normalized spacial score (nSPS) is 12.4. The zero-order chi connectivity index (χ0) is 29.7. The Kier molecular flexibility index (Phi) is 40.1. The largest absolute Gasteiger partial charge is 0.165 e. The molecule has 0 rings (SSSR count). The van der Waals surface area contributed by atoms with Crippen LogP contribution in [0.3, 0.4) is 0 Å². The molecule has 0 amide bonds. The Morgan fingerprint density at radius 2 is 0.439 bits per heavy atom. The van der Waals surface area contributed by atoms with E-state index in [4.69, 9.17) is 0 Å². The molecule has 0 saturated carbocycles. The van der Waals surface area contributed by atoms with Crippen LogP contribution in [0.2, 0.25) is 0 Å². The molecule has 0 aromatic carbocycles. The van der Waals surface area contributed by atoms with Crippen LogP contribution in [-0.4, -0.2) is 3.26 Å². The highest BCUT2D eigenvalue weighted by Gasteiger charge is 1.98. The van der Waals surface area contributed by atoms with Gasteiger partial charge in [0.15, 0.2) is 0 Å². The second-order valence-corrected chi connectivity index (χ2v) is 16.7. The molecule has 1 unspecified atom stereocenters. The zero-order valence-corrected chi connectivity index (χ0v) is 31.6. The quantitative estimate of drug-likeness (QED) is 0.0283. The van der Waals surface area contributed by atoms with Gasteiger partial charge in [-0.25, -0.2) is 0 Å². The molecule has 0 nitrogen and oxygen atoms in total. The van der Waals surface area contributed by atoms with Crippen molar-refractivity contribution in [1.29, 1.82) is 0 Å². The van der Waals surface area contributed by atoms with Crippen LogP contribution < -0.4 is 0 Å². The standard InChI is InChI=1S/C39H79IS/c1-2-3-4-5-6-7-8-9-10-11-12-13-14-15-16-17-18-19-20-21-22-23-24-25-26-27-28-29-30-31-32-33-34-35-36-37-38-39(40)41/h39,41H,2-38H2,1H3. The molecule has 0 spiro atoms. The summed E-state index contributed by atoms with van der Waals surface area (Å²) < 4.78 is 0.561. The number of unbranched alkanes of at least 4 members (excludes halogenated alkanes) is 35. The Labute approximate surface area is 281 Å². The summed E-state index contributed by atoms with van der Waals surface area (Å²) in [4.78, 5) is 0. The Bertz CT molecular complexity index is 437. The fourth-order valence-electron chi connectivity index (χ4n) is 6.40. The number of hydrogen-bond acceptors (Lipinski definition) is 1. The highest BCUT2D eigenvalue weighted by molar-refractivity contribution is 14.1. The minimum Gasteiger partial charge on any atom is -0.165 e. The molecule has 0 aliphatic rings. The van der Waals surface area contributed by atoms with Crippen molar-refractivity contribution in [2.24, 2.45) is 0 Å². The summed E-state index contributed by atoms with van der Waals surface area (Å²) in [5.74, 6) is 0. The lowest BCUT2D eigenvalue weighted by Crippen LogP contribution is -1.87. The van der Waals surface area contributed by atoms with Crippen LogP contribution in [0.5, 0.6) is 0 Å².